The summed E-state index contributed by atoms with van der Waals surface area (Å²) in [5.41, 5.74) is -0.423. The van der Waals surface area contributed by atoms with Gasteiger partial charge in [0.15, 0.2) is 5.82 Å². The normalized spacial score (nSPS) is 17.0. The third kappa shape index (κ3) is 5.86. The van der Waals surface area contributed by atoms with E-state index in [0.29, 0.717) is 28.4 Å². The van der Waals surface area contributed by atoms with Crippen LogP contribution in [-0.2, 0) is 11.0 Å². The first kappa shape index (κ1) is 24.2. The molecule has 2 aromatic heterocycles. The molecule has 1 saturated heterocycles. The molecule has 1 aromatic carbocycles. The molecule has 4 rings (SSSR count). The molecule has 176 valence electrons. The summed E-state index contributed by atoms with van der Waals surface area (Å²) < 4.78 is 38.8. The lowest BCUT2D eigenvalue weighted by molar-refractivity contribution is -0.137. The standard InChI is InChI=1S/C21H22F3N5O.CH2O2/c1-29-9-3-2-4-14(12-29)26-20-17-11-25-8-7-15(17)19(27-28-20)16-6-5-13(10-18(16)30)21(22,23)24;2-1-3/h5-8,10-11,14,30H,2-4,9,12H2,1H3,(H,26,28);1H,(H,2,3)/t14-;/m1./s1. The van der Waals surface area contributed by atoms with E-state index in [2.05, 4.69) is 32.4 Å². The number of alkyl halides is 3. The number of aromatic hydroxyl groups is 1. The number of carbonyl (C=O) groups is 1. The Morgan fingerprint density at radius 2 is 1.94 bits per heavy atom. The van der Waals surface area contributed by atoms with E-state index >= 15 is 0 Å². The van der Waals surface area contributed by atoms with Crippen LogP contribution in [0.25, 0.3) is 22.0 Å². The van der Waals surface area contributed by atoms with Gasteiger partial charge in [-0.05, 0) is 50.7 Å². The largest absolute Gasteiger partial charge is 0.507 e. The van der Waals surface area contributed by atoms with Crippen molar-refractivity contribution in [1.29, 1.82) is 0 Å². The first-order chi connectivity index (χ1) is 15.7. The molecule has 1 aliphatic heterocycles. The van der Waals surface area contributed by atoms with E-state index in [1.54, 1.807) is 18.5 Å². The summed E-state index contributed by atoms with van der Waals surface area (Å²) in [6.45, 7) is 1.68. The number of phenols is 1. The van der Waals surface area contributed by atoms with Gasteiger partial charge in [-0.1, -0.05) is 6.42 Å². The number of nitrogens with one attached hydrogen (secondary N) is 1. The Bertz CT molecular complexity index is 1110. The summed E-state index contributed by atoms with van der Waals surface area (Å²) in [5, 5.41) is 30.5. The molecule has 1 fully saturated rings. The summed E-state index contributed by atoms with van der Waals surface area (Å²) in [6.07, 6.45) is 1.97. The average molecular weight is 463 g/mol. The van der Waals surface area contributed by atoms with Gasteiger partial charge >= 0.3 is 6.18 Å². The fourth-order valence-electron chi connectivity index (χ4n) is 3.85. The molecule has 0 amide bonds. The minimum absolute atomic E-state index is 0.187. The van der Waals surface area contributed by atoms with E-state index in [4.69, 9.17) is 9.90 Å². The first-order valence-electron chi connectivity index (χ1n) is 10.3. The molecule has 0 bridgehead atoms. The summed E-state index contributed by atoms with van der Waals surface area (Å²) in [6, 6.07) is 4.78. The third-order valence-corrected chi connectivity index (χ3v) is 5.38. The van der Waals surface area contributed by atoms with E-state index in [9.17, 15) is 18.3 Å². The summed E-state index contributed by atoms with van der Waals surface area (Å²) >= 11 is 0. The second-order valence-corrected chi connectivity index (χ2v) is 7.75. The number of aromatic nitrogens is 3. The second kappa shape index (κ2) is 10.4. The Kier molecular flexibility index (Phi) is 7.64. The summed E-state index contributed by atoms with van der Waals surface area (Å²) in [5.74, 6) is 0.0805. The number of rotatable bonds is 3. The van der Waals surface area contributed by atoms with Crippen molar-refractivity contribution in [2.45, 2.75) is 31.5 Å². The number of likely N-dealkylation sites (N-methyl/N-ethyl adjacent to an activating group) is 1. The molecular weight excluding hydrogens is 439 g/mol. The lowest BCUT2D eigenvalue weighted by Crippen LogP contribution is -2.33. The predicted molar refractivity (Wildman–Crippen MR) is 117 cm³/mol. The molecule has 3 aromatic rings. The molecule has 1 atom stereocenters. The van der Waals surface area contributed by atoms with Crippen LogP contribution < -0.4 is 5.32 Å². The number of hydrogen-bond donors (Lipinski definition) is 3. The van der Waals surface area contributed by atoms with Crippen LogP contribution in [0.4, 0.5) is 19.0 Å². The van der Waals surface area contributed by atoms with Crippen molar-refractivity contribution in [3.63, 3.8) is 0 Å². The molecule has 0 unspecified atom stereocenters. The van der Waals surface area contributed by atoms with Crippen molar-refractivity contribution in [2.75, 3.05) is 25.5 Å². The number of benzene rings is 1. The van der Waals surface area contributed by atoms with E-state index in [0.717, 1.165) is 38.4 Å². The van der Waals surface area contributed by atoms with Gasteiger partial charge in [0.25, 0.3) is 6.47 Å². The fourth-order valence-corrected chi connectivity index (χ4v) is 3.85. The Morgan fingerprint density at radius 1 is 1.18 bits per heavy atom. The minimum Gasteiger partial charge on any atom is -0.507 e. The van der Waals surface area contributed by atoms with Gasteiger partial charge in [-0.3, -0.25) is 9.78 Å². The fraction of sp³-hybridized carbons (Fsp3) is 0.364. The van der Waals surface area contributed by atoms with Crippen LogP contribution in [0.15, 0.2) is 36.7 Å². The van der Waals surface area contributed by atoms with Crippen LogP contribution in [0.2, 0.25) is 0 Å². The summed E-state index contributed by atoms with van der Waals surface area (Å²) in [4.78, 5) is 14.8. The van der Waals surface area contributed by atoms with Gasteiger partial charge < -0.3 is 20.4 Å². The zero-order valence-electron chi connectivity index (χ0n) is 17.9. The monoisotopic (exact) mass is 463 g/mol. The highest BCUT2D eigenvalue weighted by molar-refractivity contribution is 6.00. The number of hydrogen-bond acceptors (Lipinski definition) is 7. The predicted octanol–water partition coefficient (Wildman–Crippen LogP) is 4.01. The van der Waals surface area contributed by atoms with Gasteiger partial charge in [0.05, 0.1) is 5.56 Å². The van der Waals surface area contributed by atoms with Crippen LogP contribution in [0, 0.1) is 0 Å². The van der Waals surface area contributed by atoms with E-state index < -0.39 is 17.5 Å². The Hall–Kier alpha value is -3.47. The van der Waals surface area contributed by atoms with E-state index in [1.807, 2.05) is 0 Å². The maximum atomic E-state index is 12.9. The zero-order chi connectivity index (χ0) is 24.0. The van der Waals surface area contributed by atoms with Crippen molar-refractivity contribution in [1.82, 2.24) is 20.1 Å². The van der Waals surface area contributed by atoms with Crippen molar-refractivity contribution in [2.24, 2.45) is 0 Å². The van der Waals surface area contributed by atoms with Crippen molar-refractivity contribution in [3.8, 4) is 17.0 Å². The van der Waals surface area contributed by atoms with Gasteiger partial charge in [0.2, 0.25) is 0 Å². The van der Waals surface area contributed by atoms with Crippen LogP contribution in [0.5, 0.6) is 5.75 Å². The molecular formula is C22H24F3N5O3. The topological polar surface area (TPSA) is 111 Å². The van der Waals surface area contributed by atoms with Crippen molar-refractivity contribution >= 4 is 23.1 Å². The number of fused-ring (bicyclic) bond motifs is 1. The highest BCUT2D eigenvalue weighted by Crippen LogP contribution is 2.38. The van der Waals surface area contributed by atoms with Gasteiger partial charge in [-0.15, -0.1) is 10.2 Å². The summed E-state index contributed by atoms with van der Waals surface area (Å²) in [7, 11) is 2.09. The highest BCUT2D eigenvalue weighted by atomic mass is 19.4. The smallest absolute Gasteiger partial charge is 0.416 e. The van der Waals surface area contributed by atoms with Gasteiger partial charge in [0.1, 0.15) is 11.4 Å². The first-order valence-corrected chi connectivity index (χ1v) is 10.3. The molecule has 0 radical (unpaired) electrons. The molecule has 3 N–H and O–H groups in total. The second-order valence-electron chi connectivity index (χ2n) is 7.75. The quantitative estimate of drug-likeness (QED) is 0.500. The Morgan fingerprint density at radius 3 is 2.64 bits per heavy atom. The van der Waals surface area contributed by atoms with Crippen molar-refractivity contribution in [3.05, 3.63) is 42.2 Å². The Labute approximate surface area is 188 Å². The van der Waals surface area contributed by atoms with Crippen LogP contribution in [0.3, 0.4) is 0 Å². The van der Waals surface area contributed by atoms with Gasteiger partial charge in [-0.25, -0.2) is 0 Å². The Balaban J connectivity index is 0.000000968. The van der Waals surface area contributed by atoms with Crippen molar-refractivity contribution < 1.29 is 28.2 Å². The average Bonchev–Trinajstić information content (AvgIpc) is 2.98. The highest BCUT2D eigenvalue weighted by Gasteiger charge is 2.31. The molecule has 0 aliphatic carbocycles. The number of anilines is 1. The number of likely N-dealkylation sites (tertiary alicyclic amines) is 1. The molecule has 0 saturated carbocycles. The number of halogens is 3. The molecule has 11 heteroatoms. The SMILES string of the molecule is CN1CCCC[C@@H](Nc2nnc(-c3ccc(C(F)(F)F)cc3O)c3ccncc23)C1.O=CO. The zero-order valence-corrected chi connectivity index (χ0v) is 17.9. The van der Waals surface area contributed by atoms with Gasteiger partial charge in [0, 0.05) is 41.3 Å². The third-order valence-electron chi connectivity index (χ3n) is 5.38. The maximum Gasteiger partial charge on any atom is 0.416 e. The number of carboxylic acid groups (broad SMARTS) is 1. The van der Waals surface area contributed by atoms with E-state index in [-0.39, 0.29) is 18.1 Å². The van der Waals surface area contributed by atoms with Gasteiger partial charge in [-0.2, -0.15) is 13.2 Å². The molecule has 33 heavy (non-hydrogen) atoms. The maximum absolute atomic E-state index is 12.9. The molecule has 1 aliphatic rings. The lowest BCUT2D eigenvalue weighted by Gasteiger charge is -2.22. The van der Waals surface area contributed by atoms with Crippen LogP contribution >= 0.6 is 0 Å². The molecule has 3 heterocycles. The van der Waals surface area contributed by atoms with Crippen LogP contribution in [-0.4, -0.2) is 62.9 Å². The molecule has 0 spiro atoms. The molecule has 8 nitrogen and oxygen atoms in total. The number of nitrogens with zero attached hydrogens (tertiary/aromatic N) is 4. The lowest BCUT2D eigenvalue weighted by atomic mass is 10.0. The number of phenolic OH excluding ortho intramolecular Hbond substituents is 1. The minimum atomic E-state index is -4.53. The van der Waals surface area contributed by atoms with Crippen LogP contribution in [0.1, 0.15) is 24.8 Å². The van der Waals surface area contributed by atoms with E-state index in [1.165, 1.54) is 6.07 Å². The number of pyridine rings is 1.